The van der Waals surface area contributed by atoms with Gasteiger partial charge in [-0.15, -0.1) is 0 Å². The molecular formula is C18H17ClFN3O2S. The fraction of sp³-hybridized carbons (Fsp3) is 0.222. The van der Waals surface area contributed by atoms with Gasteiger partial charge in [-0.2, -0.15) is 16.9 Å². The molecule has 1 heterocycles. The highest BCUT2D eigenvalue weighted by Gasteiger charge is 2.41. The summed E-state index contributed by atoms with van der Waals surface area (Å²) in [5, 5.41) is 25.4. The predicted octanol–water partition coefficient (Wildman–Crippen LogP) is 3.77. The third kappa shape index (κ3) is 3.56. The Balaban J connectivity index is 2.14. The Bertz CT molecular complexity index is 877. The largest absolute Gasteiger partial charge is 0.506 e. The van der Waals surface area contributed by atoms with Gasteiger partial charge in [-0.25, -0.2) is 14.1 Å². The number of phenols is 1. The quantitative estimate of drug-likeness (QED) is 0.667. The summed E-state index contributed by atoms with van der Waals surface area (Å²) in [6.07, 6.45) is 4.71. The summed E-state index contributed by atoms with van der Waals surface area (Å²) in [6, 6.07) is 10.6. The lowest BCUT2D eigenvalue weighted by Gasteiger charge is -2.36. The zero-order valence-electron chi connectivity index (χ0n) is 13.9. The van der Waals surface area contributed by atoms with Crippen LogP contribution in [-0.4, -0.2) is 31.2 Å². The molecule has 0 aliphatic rings. The molecule has 0 spiro atoms. The van der Waals surface area contributed by atoms with E-state index in [0.29, 0.717) is 11.1 Å². The van der Waals surface area contributed by atoms with Gasteiger partial charge in [0, 0.05) is 0 Å². The Morgan fingerprint density at radius 1 is 1.27 bits per heavy atom. The van der Waals surface area contributed by atoms with Crippen molar-refractivity contribution in [2.24, 2.45) is 0 Å². The Kier molecular flexibility index (Phi) is 5.50. The molecule has 0 bridgehead atoms. The zero-order valence-corrected chi connectivity index (χ0v) is 15.5. The number of aromatic hydroxyl groups is 1. The number of aliphatic hydroxyl groups is 1. The number of halogens is 2. The van der Waals surface area contributed by atoms with Crippen molar-refractivity contribution < 1.29 is 14.6 Å². The lowest BCUT2D eigenvalue weighted by Crippen LogP contribution is -2.37. The molecule has 0 aliphatic carbocycles. The number of thioether (sulfide) groups is 1. The van der Waals surface area contributed by atoms with Crippen molar-refractivity contribution in [2.45, 2.75) is 17.4 Å². The van der Waals surface area contributed by atoms with Gasteiger partial charge in [-0.3, -0.25) is 0 Å². The molecule has 0 saturated heterocycles. The van der Waals surface area contributed by atoms with Crippen LogP contribution in [0.1, 0.15) is 16.4 Å². The molecule has 0 amide bonds. The molecule has 2 aromatic carbocycles. The van der Waals surface area contributed by atoms with E-state index in [0.717, 1.165) is 0 Å². The summed E-state index contributed by atoms with van der Waals surface area (Å²) in [5.41, 5.74) is -0.391. The summed E-state index contributed by atoms with van der Waals surface area (Å²) in [4.78, 5) is 3.91. The first-order valence-corrected chi connectivity index (χ1v) is 9.43. The maximum atomic E-state index is 13.4. The average molecular weight is 394 g/mol. The summed E-state index contributed by atoms with van der Waals surface area (Å²) < 4.78 is 14.9. The molecule has 26 heavy (non-hydrogen) atoms. The number of rotatable bonds is 6. The van der Waals surface area contributed by atoms with Crippen molar-refractivity contribution >= 4 is 23.4 Å². The Morgan fingerprint density at radius 3 is 2.62 bits per heavy atom. The molecular weight excluding hydrogens is 377 g/mol. The number of phenolic OH excluding ortho intramolecular Hbond substituents is 1. The van der Waals surface area contributed by atoms with E-state index < -0.39 is 16.7 Å². The summed E-state index contributed by atoms with van der Waals surface area (Å²) in [7, 11) is 0. The topological polar surface area (TPSA) is 71.2 Å². The number of hydrogen-bond acceptors (Lipinski definition) is 5. The molecule has 5 nitrogen and oxygen atoms in total. The van der Waals surface area contributed by atoms with Crippen molar-refractivity contribution in [3.8, 4) is 5.75 Å². The van der Waals surface area contributed by atoms with Crippen LogP contribution in [-0.2, 0) is 12.1 Å². The van der Waals surface area contributed by atoms with Crippen LogP contribution in [0.25, 0.3) is 0 Å². The minimum atomic E-state index is -1.47. The lowest BCUT2D eigenvalue weighted by atomic mass is 9.86. The SMILES string of the molecule is CSC(c1cccc(O)c1Cl)C(O)(Cn1cncn1)c1ccc(F)cc1. The fourth-order valence-electron chi connectivity index (χ4n) is 2.94. The molecule has 3 aromatic rings. The van der Waals surface area contributed by atoms with E-state index in [-0.39, 0.29) is 17.3 Å². The van der Waals surface area contributed by atoms with Crippen LogP contribution in [0.15, 0.2) is 55.1 Å². The van der Waals surface area contributed by atoms with Crippen LogP contribution in [0.2, 0.25) is 5.02 Å². The highest BCUT2D eigenvalue weighted by atomic mass is 35.5. The Labute approximate surface area is 159 Å². The molecule has 1 aromatic heterocycles. The van der Waals surface area contributed by atoms with Gasteiger partial charge in [0.25, 0.3) is 0 Å². The minimum absolute atomic E-state index is 0.0644. The first-order valence-electron chi connectivity index (χ1n) is 7.76. The Morgan fingerprint density at radius 2 is 2.00 bits per heavy atom. The maximum absolute atomic E-state index is 13.4. The van der Waals surface area contributed by atoms with E-state index in [1.165, 1.54) is 59.4 Å². The van der Waals surface area contributed by atoms with Gasteiger partial charge < -0.3 is 10.2 Å². The van der Waals surface area contributed by atoms with Crippen LogP contribution in [0, 0.1) is 5.82 Å². The first kappa shape index (κ1) is 18.7. The molecule has 0 aliphatic heterocycles. The second kappa shape index (κ2) is 7.65. The zero-order chi connectivity index (χ0) is 18.7. The summed E-state index contributed by atoms with van der Waals surface area (Å²) in [6.45, 7) is 0.0795. The molecule has 136 valence electrons. The molecule has 2 atom stereocenters. The van der Waals surface area contributed by atoms with Crippen LogP contribution in [0.5, 0.6) is 5.75 Å². The third-order valence-corrected chi connectivity index (χ3v) is 5.70. The highest BCUT2D eigenvalue weighted by Crippen LogP contribution is 2.48. The fourth-order valence-corrected chi connectivity index (χ4v) is 4.29. The van der Waals surface area contributed by atoms with E-state index in [1.54, 1.807) is 12.1 Å². The molecule has 2 N–H and O–H groups in total. The van der Waals surface area contributed by atoms with Gasteiger partial charge in [0.15, 0.2) is 0 Å². The average Bonchev–Trinajstić information content (AvgIpc) is 3.12. The number of benzene rings is 2. The summed E-state index contributed by atoms with van der Waals surface area (Å²) >= 11 is 7.67. The highest BCUT2D eigenvalue weighted by molar-refractivity contribution is 7.98. The minimum Gasteiger partial charge on any atom is -0.506 e. The van der Waals surface area contributed by atoms with E-state index >= 15 is 0 Å². The normalized spacial score (nSPS) is 14.8. The lowest BCUT2D eigenvalue weighted by molar-refractivity contribution is 0.0120. The van der Waals surface area contributed by atoms with Gasteiger partial charge in [-0.05, 0) is 35.6 Å². The van der Waals surface area contributed by atoms with Crippen LogP contribution in [0.4, 0.5) is 4.39 Å². The van der Waals surface area contributed by atoms with Crippen molar-refractivity contribution in [1.82, 2.24) is 14.8 Å². The second-order valence-electron chi connectivity index (χ2n) is 5.82. The predicted molar refractivity (Wildman–Crippen MR) is 99.7 cm³/mol. The molecule has 2 unspecified atom stereocenters. The van der Waals surface area contributed by atoms with Gasteiger partial charge in [-0.1, -0.05) is 35.9 Å². The van der Waals surface area contributed by atoms with Crippen molar-refractivity contribution in [1.29, 1.82) is 0 Å². The van der Waals surface area contributed by atoms with Crippen molar-refractivity contribution in [2.75, 3.05) is 6.26 Å². The maximum Gasteiger partial charge on any atom is 0.137 e. The van der Waals surface area contributed by atoms with Gasteiger partial charge >= 0.3 is 0 Å². The standard InChI is InChI=1S/C18H17ClFN3O2S/c1-26-17(14-3-2-4-15(24)16(14)19)18(25,9-23-11-21-10-22-23)12-5-7-13(20)8-6-12/h2-8,10-11,17,24-25H,9H2,1H3. The molecule has 0 saturated carbocycles. The van der Waals surface area contributed by atoms with Crippen LogP contribution >= 0.6 is 23.4 Å². The van der Waals surface area contributed by atoms with Crippen LogP contribution in [0.3, 0.4) is 0 Å². The number of nitrogens with zero attached hydrogens (tertiary/aromatic N) is 3. The monoisotopic (exact) mass is 393 g/mol. The van der Waals surface area contributed by atoms with Gasteiger partial charge in [0.1, 0.15) is 29.8 Å². The van der Waals surface area contributed by atoms with Crippen molar-refractivity contribution in [3.63, 3.8) is 0 Å². The van der Waals surface area contributed by atoms with Crippen LogP contribution < -0.4 is 0 Å². The van der Waals surface area contributed by atoms with E-state index in [2.05, 4.69) is 10.1 Å². The Hall–Kier alpha value is -2.09. The number of hydrogen-bond donors (Lipinski definition) is 2. The van der Waals surface area contributed by atoms with E-state index in [4.69, 9.17) is 11.6 Å². The van der Waals surface area contributed by atoms with Crippen molar-refractivity contribution in [3.05, 3.63) is 77.1 Å². The van der Waals surface area contributed by atoms with E-state index in [1.807, 2.05) is 6.26 Å². The molecule has 8 heteroatoms. The molecule has 3 rings (SSSR count). The van der Waals surface area contributed by atoms with Gasteiger partial charge in [0.2, 0.25) is 0 Å². The second-order valence-corrected chi connectivity index (χ2v) is 7.14. The first-order chi connectivity index (χ1) is 12.5. The molecule has 0 radical (unpaired) electrons. The third-order valence-electron chi connectivity index (χ3n) is 4.17. The number of aromatic nitrogens is 3. The summed E-state index contributed by atoms with van der Waals surface area (Å²) in [5.74, 6) is -0.460. The smallest absolute Gasteiger partial charge is 0.137 e. The van der Waals surface area contributed by atoms with E-state index in [9.17, 15) is 14.6 Å². The van der Waals surface area contributed by atoms with Gasteiger partial charge in [0.05, 0.1) is 16.8 Å². The molecule has 0 fully saturated rings.